The van der Waals surface area contributed by atoms with Crippen molar-refractivity contribution in [3.05, 3.63) is 35.9 Å². The smallest absolute Gasteiger partial charge is 0.326 e. The van der Waals surface area contributed by atoms with Gasteiger partial charge in [0.25, 0.3) is 0 Å². The number of alkyl halides is 4. The summed E-state index contributed by atoms with van der Waals surface area (Å²) < 4.78 is 49.4. The normalized spacial score (nSPS) is 21.9. The number of hydrogen-bond acceptors (Lipinski definition) is 2. The molecule has 2 nitrogen and oxygen atoms in total. The third-order valence-corrected chi connectivity index (χ3v) is 3.66. The van der Waals surface area contributed by atoms with Crippen molar-refractivity contribution in [2.24, 2.45) is 4.99 Å². The second-order valence-corrected chi connectivity index (χ2v) is 5.11. The molecule has 0 aliphatic carbocycles. The number of halogens is 4. The van der Waals surface area contributed by atoms with Gasteiger partial charge in [0.1, 0.15) is 6.54 Å². The van der Waals surface area contributed by atoms with E-state index in [2.05, 4.69) is 10.3 Å². The van der Waals surface area contributed by atoms with Crippen LogP contribution in [0.4, 0.5) is 17.6 Å². The summed E-state index contributed by atoms with van der Waals surface area (Å²) in [7, 11) is 0. The Kier molecular flexibility index (Phi) is 4.34. The van der Waals surface area contributed by atoms with Crippen LogP contribution in [0.25, 0.3) is 0 Å². The van der Waals surface area contributed by atoms with Gasteiger partial charge in [-0.15, -0.1) is 0 Å². The second kappa shape index (κ2) is 5.81. The lowest BCUT2D eigenvalue weighted by molar-refractivity contribution is -0.119. The molecular formula is C12H12F4N2S. The Balaban J connectivity index is 1.95. The third-order valence-electron chi connectivity index (χ3n) is 2.64. The van der Waals surface area contributed by atoms with Gasteiger partial charge in [-0.2, -0.15) is 8.78 Å². The molecule has 1 unspecified atom stereocenters. The molecule has 0 amide bonds. The quantitative estimate of drug-likeness (QED) is 0.861. The molecule has 19 heavy (non-hydrogen) atoms. The van der Waals surface area contributed by atoms with Crippen molar-refractivity contribution in [1.82, 2.24) is 5.32 Å². The first kappa shape index (κ1) is 14.2. The molecule has 1 aliphatic heterocycles. The number of nitrogens with zero attached hydrogens (tertiary/aromatic N) is 1. The van der Waals surface area contributed by atoms with Crippen molar-refractivity contribution in [2.75, 3.05) is 12.3 Å². The van der Waals surface area contributed by atoms with Gasteiger partial charge in [-0.3, -0.25) is 4.99 Å². The van der Waals surface area contributed by atoms with Crippen molar-refractivity contribution in [2.45, 2.75) is 18.4 Å². The zero-order valence-electron chi connectivity index (χ0n) is 9.82. The molecule has 1 aromatic rings. The summed E-state index contributed by atoms with van der Waals surface area (Å²) in [4.78, 5) is 3.53. The van der Waals surface area contributed by atoms with Gasteiger partial charge in [0.05, 0.1) is 6.04 Å². The average molecular weight is 292 g/mol. The molecule has 2 rings (SSSR count). The van der Waals surface area contributed by atoms with Crippen LogP contribution < -0.4 is 5.32 Å². The van der Waals surface area contributed by atoms with E-state index in [9.17, 15) is 17.6 Å². The molecule has 1 atom stereocenters. The molecular weight excluding hydrogens is 280 g/mol. The van der Waals surface area contributed by atoms with E-state index in [1.165, 1.54) is 11.8 Å². The molecule has 104 valence electrons. The number of hydrogen-bond donors (Lipinski definition) is 1. The predicted molar refractivity (Wildman–Crippen MR) is 68.0 cm³/mol. The van der Waals surface area contributed by atoms with E-state index in [1.54, 1.807) is 0 Å². The van der Waals surface area contributed by atoms with Crippen LogP contribution in [0.5, 0.6) is 0 Å². The highest BCUT2D eigenvalue weighted by Crippen LogP contribution is 2.28. The van der Waals surface area contributed by atoms with Gasteiger partial charge in [0.2, 0.25) is 0 Å². The van der Waals surface area contributed by atoms with E-state index in [0.717, 1.165) is 5.56 Å². The number of aliphatic imine (C=N–C) groups is 1. The average Bonchev–Trinajstić information content (AvgIpc) is 2.86. The minimum absolute atomic E-state index is 0.0230. The highest BCUT2D eigenvalue weighted by Gasteiger charge is 2.40. The van der Waals surface area contributed by atoms with E-state index in [-0.39, 0.29) is 11.2 Å². The van der Waals surface area contributed by atoms with E-state index in [0.29, 0.717) is 5.75 Å². The minimum Gasteiger partial charge on any atom is -0.357 e. The Labute approximate surface area is 112 Å². The van der Waals surface area contributed by atoms with Crippen LogP contribution in [0.15, 0.2) is 35.3 Å². The van der Waals surface area contributed by atoms with Crippen LogP contribution in [-0.2, 0) is 0 Å². The first-order valence-corrected chi connectivity index (χ1v) is 6.62. The highest BCUT2D eigenvalue weighted by molar-refractivity contribution is 8.14. The first-order valence-electron chi connectivity index (χ1n) is 5.64. The lowest BCUT2D eigenvalue weighted by Gasteiger charge is -2.13. The van der Waals surface area contributed by atoms with Crippen LogP contribution in [0.1, 0.15) is 11.6 Å². The van der Waals surface area contributed by atoms with Gasteiger partial charge in [-0.25, -0.2) is 8.78 Å². The number of thioether (sulfide) groups is 1. The molecule has 0 radical (unpaired) electrons. The summed E-state index contributed by atoms with van der Waals surface area (Å²) >= 11 is 1.26. The predicted octanol–water partition coefficient (Wildman–Crippen LogP) is 3.32. The van der Waals surface area contributed by atoms with Crippen LogP contribution in [-0.4, -0.2) is 29.8 Å². The summed E-state index contributed by atoms with van der Waals surface area (Å²) in [5, 5.41) is 3.24. The molecule has 0 saturated carbocycles. The summed E-state index contributed by atoms with van der Waals surface area (Å²) in [5.41, 5.74) is 1.01. The number of amidine groups is 1. The van der Waals surface area contributed by atoms with Gasteiger partial charge in [-0.05, 0) is 5.56 Å². The molecule has 1 aromatic carbocycles. The van der Waals surface area contributed by atoms with E-state index in [4.69, 9.17) is 0 Å². The number of benzene rings is 1. The fourth-order valence-corrected chi connectivity index (χ4v) is 2.58. The third kappa shape index (κ3) is 3.62. The summed E-state index contributed by atoms with van der Waals surface area (Å²) in [5.74, 6) is -3.43. The van der Waals surface area contributed by atoms with E-state index < -0.39 is 18.9 Å². The molecule has 7 heteroatoms. The fraction of sp³-hybridized carbons (Fsp3) is 0.417. The van der Waals surface area contributed by atoms with Crippen LogP contribution >= 0.6 is 11.8 Å². The maximum atomic E-state index is 12.7. The van der Waals surface area contributed by atoms with Gasteiger partial charge in [-0.1, -0.05) is 42.1 Å². The molecule has 0 spiro atoms. The Morgan fingerprint density at radius 3 is 2.63 bits per heavy atom. The number of nitrogens with one attached hydrogen (secondary N) is 1. The summed E-state index contributed by atoms with van der Waals surface area (Å²) in [6.07, 6.45) is -3.69. The zero-order chi connectivity index (χ0) is 13.9. The van der Waals surface area contributed by atoms with Gasteiger partial charge >= 0.3 is 12.3 Å². The monoisotopic (exact) mass is 292 g/mol. The summed E-state index contributed by atoms with van der Waals surface area (Å²) in [6, 6.07) is 9.43. The molecule has 1 fully saturated rings. The SMILES string of the molecule is FC(F)C(F)(F)CN=C1NC(c2ccccc2)CS1. The lowest BCUT2D eigenvalue weighted by Crippen LogP contribution is -2.31. The molecule has 1 N–H and O–H groups in total. The van der Waals surface area contributed by atoms with Crippen molar-refractivity contribution in [1.29, 1.82) is 0 Å². The Bertz CT molecular complexity index is 450. The minimum atomic E-state index is -4.07. The van der Waals surface area contributed by atoms with Gasteiger partial charge < -0.3 is 5.32 Å². The van der Waals surface area contributed by atoms with Crippen molar-refractivity contribution in [3.63, 3.8) is 0 Å². The Morgan fingerprint density at radius 1 is 1.32 bits per heavy atom. The fourth-order valence-electron chi connectivity index (χ4n) is 1.60. The molecule has 0 bridgehead atoms. The number of rotatable bonds is 4. The Hall–Kier alpha value is -1.24. The Morgan fingerprint density at radius 2 is 2.00 bits per heavy atom. The lowest BCUT2D eigenvalue weighted by atomic mass is 10.1. The topological polar surface area (TPSA) is 24.4 Å². The van der Waals surface area contributed by atoms with Crippen molar-refractivity contribution < 1.29 is 17.6 Å². The largest absolute Gasteiger partial charge is 0.357 e. The maximum absolute atomic E-state index is 12.7. The standard InChI is InChI=1S/C12H12F4N2S/c13-10(14)12(15,16)7-17-11-18-9(6-19-11)8-4-2-1-3-5-8/h1-5,9-10H,6-7H2,(H,17,18). The second-order valence-electron chi connectivity index (χ2n) is 4.10. The first-order chi connectivity index (χ1) is 8.99. The molecule has 0 aromatic heterocycles. The van der Waals surface area contributed by atoms with Crippen molar-refractivity contribution in [3.8, 4) is 0 Å². The van der Waals surface area contributed by atoms with Crippen LogP contribution in [0.2, 0.25) is 0 Å². The van der Waals surface area contributed by atoms with Gasteiger partial charge in [0, 0.05) is 5.75 Å². The highest BCUT2D eigenvalue weighted by atomic mass is 32.2. The van der Waals surface area contributed by atoms with Crippen LogP contribution in [0.3, 0.4) is 0 Å². The molecule has 1 saturated heterocycles. The summed E-state index contributed by atoms with van der Waals surface area (Å²) in [6.45, 7) is -1.19. The molecule has 1 heterocycles. The van der Waals surface area contributed by atoms with E-state index in [1.807, 2.05) is 30.3 Å². The van der Waals surface area contributed by atoms with E-state index >= 15 is 0 Å². The maximum Gasteiger partial charge on any atom is 0.326 e. The molecule has 1 aliphatic rings. The van der Waals surface area contributed by atoms with Crippen molar-refractivity contribution >= 4 is 16.9 Å². The zero-order valence-corrected chi connectivity index (χ0v) is 10.6. The van der Waals surface area contributed by atoms with Crippen LogP contribution in [0, 0.1) is 0 Å². The van der Waals surface area contributed by atoms with Gasteiger partial charge in [0.15, 0.2) is 5.17 Å².